The fraction of sp³-hybridized carbons (Fsp3) is 0.278. The lowest BCUT2D eigenvalue weighted by Crippen LogP contribution is -2.35. The van der Waals surface area contributed by atoms with Crippen LogP contribution in [-0.2, 0) is 14.8 Å². The minimum Gasteiger partial charge on any atom is -0.493 e. The topological polar surface area (TPSA) is 123 Å². The third-order valence-electron chi connectivity index (χ3n) is 3.90. The maximum absolute atomic E-state index is 12.4. The minimum absolute atomic E-state index is 0.0603. The molecule has 0 spiro atoms. The van der Waals surface area contributed by atoms with Gasteiger partial charge in [-0.2, -0.15) is 0 Å². The molecule has 0 aromatic heterocycles. The van der Waals surface area contributed by atoms with Gasteiger partial charge in [0.1, 0.15) is 18.5 Å². The fourth-order valence-electron chi connectivity index (χ4n) is 2.50. The summed E-state index contributed by atoms with van der Waals surface area (Å²) >= 11 is 0. The second-order valence-electron chi connectivity index (χ2n) is 5.96. The molecule has 1 atom stereocenters. The summed E-state index contributed by atoms with van der Waals surface area (Å²) in [5.74, 6) is 0.980. The van der Waals surface area contributed by atoms with Gasteiger partial charge in [-0.25, -0.2) is 13.1 Å². The van der Waals surface area contributed by atoms with Gasteiger partial charge in [0.15, 0.2) is 18.1 Å². The first-order valence-corrected chi connectivity index (χ1v) is 9.87. The molecule has 1 unspecified atom stereocenters. The molecule has 1 heterocycles. The van der Waals surface area contributed by atoms with Crippen molar-refractivity contribution in [3.05, 3.63) is 42.5 Å². The van der Waals surface area contributed by atoms with Gasteiger partial charge in [-0.1, -0.05) is 12.1 Å². The Hall–Kier alpha value is -2.82. The molecule has 2 aromatic rings. The maximum Gasteiger partial charge on any atom is 0.262 e. The van der Waals surface area contributed by atoms with Crippen molar-refractivity contribution in [2.45, 2.75) is 11.0 Å². The molecule has 2 aromatic carbocycles. The van der Waals surface area contributed by atoms with Gasteiger partial charge in [0.2, 0.25) is 10.0 Å². The van der Waals surface area contributed by atoms with Crippen molar-refractivity contribution in [3.63, 3.8) is 0 Å². The van der Waals surface area contributed by atoms with Crippen LogP contribution in [0.5, 0.6) is 17.2 Å². The van der Waals surface area contributed by atoms with Crippen LogP contribution < -0.4 is 24.2 Å². The Kier molecular flexibility index (Phi) is 6.02. The number of aliphatic hydroxyl groups is 1. The first-order chi connectivity index (χ1) is 13.4. The van der Waals surface area contributed by atoms with Crippen LogP contribution in [0.25, 0.3) is 0 Å². The largest absolute Gasteiger partial charge is 0.493 e. The van der Waals surface area contributed by atoms with E-state index in [0.717, 1.165) is 0 Å². The first-order valence-electron chi connectivity index (χ1n) is 8.39. The molecule has 1 aliphatic rings. The number of fused-ring (bicyclic) bond motifs is 1. The number of anilines is 1. The molecule has 28 heavy (non-hydrogen) atoms. The van der Waals surface area contributed by atoms with E-state index in [1.165, 1.54) is 25.3 Å². The van der Waals surface area contributed by atoms with E-state index in [1.54, 1.807) is 24.3 Å². The lowest BCUT2D eigenvalue weighted by Gasteiger charge is -2.19. The van der Waals surface area contributed by atoms with Gasteiger partial charge in [-0.3, -0.25) is 4.79 Å². The van der Waals surface area contributed by atoms with Crippen LogP contribution in [0.2, 0.25) is 0 Å². The van der Waals surface area contributed by atoms with E-state index in [2.05, 4.69) is 10.0 Å². The monoisotopic (exact) mass is 408 g/mol. The van der Waals surface area contributed by atoms with Crippen LogP contribution in [0.1, 0.15) is 0 Å². The first kappa shape index (κ1) is 19.9. The number of benzene rings is 2. The summed E-state index contributed by atoms with van der Waals surface area (Å²) in [6, 6.07) is 11.0. The standard InChI is InChI=1S/C18H20N2O7S/c1-25-16-4-2-3-5-17(16)26-10-12(21)9-19-28(23,24)13-6-7-15-14(8-13)20-18(22)11-27-15/h2-8,12,19,21H,9-11H2,1H3,(H,20,22). The zero-order chi connectivity index (χ0) is 20.1. The summed E-state index contributed by atoms with van der Waals surface area (Å²) in [4.78, 5) is 11.3. The predicted octanol–water partition coefficient (Wildman–Crippen LogP) is 0.744. The number of carbonyl (C=O) groups excluding carboxylic acids is 1. The van der Waals surface area contributed by atoms with E-state index in [0.29, 0.717) is 17.2 Å². The van der Waals surface area contributed by atoms with Crippen LogP contribution >= 0.6 is 0 Å². The highest BCUT2D eigenvalue weighted by Gasteiger charge is 2.21. The third kappa shape index (κ3) is 4.71. The Morgan fingerprint density at radius 3 is 2.75 bits per heavy atom. The SMILES string of the molecule is COc1ccccc1OCC(O)CNS(=O)(=O)c1ccc2c(c1)NC(=O)CO2. The molecular weight excluding hydrogens is 388 g/mol. The summed E-state index contributed by atoms with van der Waals surface area (Å²) < 4.78 is 43.0. The molecule has 1 aliphatic heterocycles. The van der Waals surface area contributed by atoms with Gasteiger partial charge >= 0.3 is 0 Å². The van der Waals surface area contributed by atoms with Crippen LogP contribution in [0.15, 0.2) is 47.4 Å². The third-order valence-corrected chi connectivity index (χ3v) is 5.32. The normalized spacial score (nSPS) is 14.4. The van der Waals surface area contributed by atoms with Crippen molar-refractivity contribution in [3.8, 4) is 17.2 Å². The lowest BCUT2D eigenvalue weighted by molar-refractivity contribution is -0.118. The highest BCUT2D eigenvalue weighted by atomic mass is 32.2. The van der Waals surface area contributed by atoms with E-state index >= 15 is 0 Å². The average molecular weight is 408 g/mol. The summed E-state index contributed by atoms with van der Waals surface area (Å²) in [6.45, 7) is -0.496. The fourth-order valence-corrected chi connectivity index (χ4v) is 3.60. The molecule has 10 heteroatoms. The van der Waals surface area contributed by atoms with Gasteiger partial charge in [-0.05, 0) is 30.3 Å². The summed E-state index contributed by atoms with van der Waals surface area (Å²) in [5.41, 5.74) is 0.277. The van der Waals surface area contributed by atoms with E-state index in [1.807, 2.05) is 0 Å². The highest BCUT2D eigenvalue weighted by molar-refractivity contribution is 7.89. The quantitative estimate of drug-likeness (QED) is 0.589. The van der Waals surface area contributed by atoms with Gasteiger partial charge in [0.05, 0.1) is 17.7 Å². The van der Waals surface area contributed by atoms with Crippen LogP contribution in [0.4, 0.5) is 5.69 Å². The summed E-state index contributed by atoms with van der Waals surface area (Å²) in [5, 5.41) is 12.6. The molecule has 9 nitrogen and oxygen atoms in total. The van der Waals surface area contributed by atoms with Crippen molar-refractivity contribution in [2.24, 2.45) is 0 Å². The summed E-state index contributed by atoms with van der Waals surface area (Å²) in [7, 11) is -2.40. The van der Waals surface area contributed by atoms with E-state index < -0.39 is 16.1 Å². The van der Waals surface area contributed by atoms with Crippen molar-refractivity contribution in [1.29, 1.82) is 0 Å². The number of hydrogen-bond acceptors (Lipinski definition) is 7. The number of aliphatic hydroxyl groups excluding tert-OH is 1. The van der Waals surface area contributed by atoms with Crippen LogP contribution in [0, 0.1) is 0 Å². The summed E-state index contributed by atoms with van der Waals surface area (Å²) in [6.07, 6.45) is -1.08. The smallest absolute Gasteiger partial charge is 0.262 e. The van der Waals surface area contributed by atoms with Crippen LogP contribution in [0.3, 0.4) is 0 Å². The zero-order valence-corrected chi connectivity index (χ0v) is 15.9. The van der Waals surface area contributed by atoms with E-state index in [9.17, 15) is 18.3 Å². The number of hydrogen-bond donors (Lipinski definition) is 3. The predicted molar refractivity (Wildman–Crippen MR) is 100 cm³/mol. The van der Waals surface area contributed by atoms with Crippen molar-refractivity contribution >= 4 is 21.6 Å². The number of sulfonamides is 1. The number of amides is 1. The minimum atomic E-state index is -3.90. The molecule has 0 aliphatic carbocycles. The number of methoxy groups -OCH3 is 1. The molecule has 0 fully saturated rings. The Morgan fingerprint density at radius 1 is 1.25 bits per heavy atom. The molecule has 150 valence electrons. The van der Waals surface area contributed by atoms with E-state index in [-0.39, 0.29) is 36.2 Å². The Bertz CT molecular complexity index is 962. The number of rotatable bonds is 8. The molecule has 0 bridgehead atoms. The maximum atomic E-state index is 12.4. The molecular formula is C18H20N2O7S. The van der Waals surface area contributed by atoms with Gasteiger partial charge in [0.25, 0.3) is 5.91 Å². The second kappa shape index (κ2) is 8.46. The molecule has 0 saturated heterocycles. The van der Waals surface area contributed by atoms with Gasteiger partial charge in [0, 0.05) is 6.54 Å². The molecule has 0 radical (unpaired) electrons. The second-order valence-corrected chi connectivity index (χ2v) is 7.73. The number of carbonyl (C=O) groups is 1. The number of ether oxygens (including phenoxy) is 3. The van der Waals surface area contributed by atoms with Crippen molar-refractivity contribution in [2.75, 3.05) is 32.2 Å². The molecule has 3 N–H and O–H groups in total. The lowest BCUT2D eigenvalue weighted by atomic mass is 10.2. The average Bonchev–Trinajstić information content (AvgIpc) is 2.70. The molecule has 3 rings (SSSR count). The van der Waals surface area contributed by atoms with Crippen LogP contribution in [-0.4, -0.2) is 52.4 Å². The van der Waals surface area contributed by atoms with E-state index in [4.69, 9.17) is 14.2 Å². The number of nitrogens with one attached hydrogen (secondary N) is 2. The highest BCUT2D eigenvalue weighted by Crippen LogP contribution is 2.30. The Morgan fingerprint density at radius 2 is 2.00 bits per heavy atom. The van der Waals surface area contributed by atoms with Gasteiger partial charge in [-0.15, -0.1) is 0 Å². The molecule has 0 saturated carbocycles. The van der Waals surface area contributed by atoms with Crippen molar-refractivity contribution < 1.29 is 32.5 Å². The Labute approximate surface area is 162 Å². The van der Waals surface area contributed by atoms with Crippen molar-refractivity contribution in [1.82, 2.24) is 4.72 Å². The number of para-hydroxylation sites is 2. The molecule has 1 amide bonds. The zero-order valence-electron chi connectivity index (χ0n) is 15.0. The van der Waals surface area contributed by atoms with Gasteiger partial charge < -0.3 is 24.6 Å². The Balaban J connectivity index is 1.58.